The van der Waals surface area contributed by atoms with Crippen molar-refractivity contribution < 1.29 is 28.6 Å². The Morgan fingerprint density at radius 3 is 2.72 bits per heavy atom. The summed E-state index contributed by atoms with van der Waals surface area (Å²) >= 11 is 0. The highest BCUT2D eigenvalue weighted by Gasteiger charge is 2.48. The molecular formula is C25H21NO6. The second kappa shape index (κ2) is 7.60. The van der Waals surface area contributed by atoms with Crippen molar-refractivity contribution >= 4 is 23.1 Å². The number of rotatable bonds is 4. The highest BCUT2D eigenvalue weighted by atomic mass is 16.5. The van der Waals surface area contributed by atoms with Gasteiger partial charge in [-0.2, -0.15) is 0 Å². The van der Waals surface area contributed by atoms with Gasteiger partial charge in [-0.05, 0) is 55.0 Å². The van der Waals surface area contributed by atoms with Gasteiger partial charge in [-0.1, -0.05) is 6.07 Å². The number of hydrogen-bond acceptors (Lipinski definition) is 6. The summed E-state index contributed by atoms with van der Waals surface area (Å²) in [5.74, 6) is 0.544. The van der Waals surface area contributed by atoms with Crippen molar-refractivity contribution in [2.24, 2.45) is 0 Å². The number of fused-ring (bicyclic) bond motifs is 1. The van der Waals surface area contributed by atoms with Gasteiger partial charge in [-0.15, -0.1) is 0 Å². The second-order valence-corrected chi connectivity index (χ2v) is 7.74. The lowest BCUT2D eigenvalue weighted by Crippen LogP contribution is -2.29. The molecule has 0 saturated carbocycles. The molecule has 2 aliphatic rings. The van der Waals surface area contributed by atoms with Crippen LogP contribution in [0, 0.1) is 6.92 Å². The van der Waals surface area contributed by atoms with Crippen LogP contribution >= 0.6 is 0 Å². The lowest BCUT2D eigenvalue weighted by atomic mass is 9.98. The number of hydrogen-bond donors (Lipinski definition) is 1. The average Bonchev–Trinajstić information content (AvgIpc) is 3.51. The third-order valence-electron chi connectivity index (χ3n) is 5.77. The van der Waals surface area contributed by atoms with Crippen LogP contribution in [0.4, 0.5) is 5.69 Å². The van der Waals surface area contributed by atoms with Crippen molar-refractivity contribution in [3.8, 4) is 11.5 Å². The molecule has 1 amide bonds. The highest BCUT2D eigenvalue weighted by molar-refractivity contribution is 6.51. The molecule has 0 radical (unpaired) electrons. The minimum Gasteiger partial charge on any atom is -0.507 e. The smallest absolute Gasteiger partial charge is 0.300 e. The summed E-state index contributed by atoms with van der Waals surface area (Å²) in [6.45, 7) is 2.35. The van der Waals surface area contributed by atoms with E-state index >= 15 is 0 Å². The van der Waals surface area contributed by atoms with Crippen LogP contribution in [0.2, 0.25) is 0 Å². The van der Waals surface area contributed by atoms with E-state index in [-0.39, 0.29) is 11.3 Å². The minimum atomic E-state index is -0.916. The molecule has 7 heteroatoms. The van der Waals surface area contributed by atoms with Crippen LogP contribution in [0.5, 0.6) is 11.5 Å². The van der Waals surface area contributed by atoms with Gasteiger partial charge in [-0.3, -0.25) is 14.5 Å². The molecule has 3 aromatic rings. The number of carbonyl (C=O) groups is 2. The molecule has 162 valence electrons. The van der Waals surface area contributed by atoms with Crippen molar-refractivity contribution in [1.82, 2.24) is 0 Å². The van der Waals surface area contributed by atoms with Crippen molar-refractivity contribution in [1.29, 1.82) is 0 Å². The lowest BCUT2D eigenvalue weighted by molar-refractivity contribution is -0.132. The first-order valence-corrected chi connectivity index (χ1v) is 10.3. The number of methoxy groups -OCH3 is 1. The molecule has 1 saturated heterocycles. The Bertz CT molecular complexity index is 1270. The molecule has 7 nitrogen and oxygen atoms in total. The van der Waals surface area contributed by atoms with Gasteiger partial charge in [0.1, 0.15) is 34.8 Å². The second-order valence-electron chi connectivity index (χ2n) is 7.74. The average molecular weight is 431 g/mol. The van der Waals surface area contributed by atoms with Gasteiger partial charge < -0.3 is 19.0 Å². The Kier molecular flexibility index (Phi) is 4.74. The molecule has 1 atom stereocenters. The van der Waals surface area contributed by atoms with Crippen LogP contribution in [0.3, 0.4) is 0 Å². The van der Waals surface area contributed by atoms with E-state index in [0.717, 1.165) is 17.7 Å². The fourth-order valence-corrected chi connectivity index (χ4v) is 4.22. The Morgan fingerprint density at radius 2 is 1.97 bits per heavy atom. The quantitative estimate of drug-likeness (QED) is 0.379. The molecule has 1 aromatic heterocycles. The van der Waals surface area contributed by atoms with E-state index in [1.54, 1.807) is 61.5 Å². The van der Waals surface area contributed by atoms with Crippen LogP contribution in [0.1, 0.15) is 28.7 Å². The van der Waals surface area contributed by atoms with Crippen molar-refractivity contribution in [3.05, 3.63) is 82.8 Å². The molecule has 0 spiro atoms. The molecule has 3 heterocycles. The maximum Gasteiger partial charge on any atom is 0.300 e. The molecule has 5 rings (SSSR count). The minimum absolute atomic E-state index is 0.0222. The number of aryl methyl sites for hydroxylation is 1. The molecular weight excluding hydrogens is 410 g/mol. The van der Waals surface area contributed by atoms with Crippen LogP contribution < -0.4 is 14.4 Å². The Morgan fingerprint density at radius 1 is 1.12 bits per heavy atom. The predicted octanol–water partition coefficient (Wildman–Crippen LogP) is 4.16. The molecule has 2 aromatic carbocycles. The molecule has 1 N–H and O–H groups in total. The van der Waals surface area contributed by atoms with Gasteiger partial charge in [0.05, 0.1) is 19.3 Å². The van der Waals surface area contributed by atoms with E-state index < -0.39 is 17.7 Å². The fourth-order valence-electron chi connectivity index (χ4n) is 4.22. The topological polar surface area (TPSA) is 89.2 Å². The maximum absolute atomic E-state index is 13.2. The summed E-state index contributed by atoms with van der Waals surface area (Å²) in [6, 6.07) is 14.7. The number of furan rings is 1. The first kappa shape index (κ1) is 19.9. The van der Waals surface area contributed by atoms with Crippen LogP contribution in [0.15, 0.2) is 64.6 Å². The number of aliphatic hydroxyl groups is 1. The van der Waals surface area contributed by atoms with E-state index in [4.69, 9.17) is 13.9 Å². The molecule has 0 bridgehead atoms. The monoisotopic (exact) mass is 431 g/mol. The normalized spacial score (nSPS) is 19.2. The van der Waals surface area contributed by atoms with E-state index in [2.05, 4.69) is 0 Å². The number of Topliss-reactive ketones (excluding diaryl/α,β-unsaturated/α-hetero) is 1. The van der Waals surface area contributed by atoms with Crippen LogP contribution in [-0.2, 0) is 16.0 Å². The molecule has 32 heavy (non-hydrogen) atoms. The van der Waals surface area contributed by atoms with Gasteiger partial charge in [0, 0.05) is 23.7 Å². The van der Waals surface area contributed by atoms with Gasteiger partial charge in [0.25, 0.3) is 11.7 Å². The zero-order valence-corrected chi connectivity index (χ0v) is 17.6. The summed E-state index contributed by atoms with van der Waals surface area (Å²) in [5, 5.41) is 11.2. The van der Waals surface area contributed by atoms with E-state index in [1.807, 2.05) is 0 Å². The first-order valence-electron chi connectivity index (χ1n) is 10.3. The Labute approximate surface area is 184 Å². The molecule has 0 aliphatic carbocycles. The number of anilines is 1. The number of ketones is 1. The van der Waals surface area contributed by atoms with Gasteiger partial charge in [-0.25, -0.2) is 0 Å². The standard InChI is InChI=1S/C25H21NO6/c1-14-6-8-20(32-14)22-21(23(27)16-7-9-19-15(12-16)10-11-31-19)24(28)25(29)26(22)17-4-3-5-18(13-17)30-2/h3-9,12-13,22,27H,10-11H2,1-2H3/b23-21-. The fraction of sp³-hybridized carbons (Fsp3) is 0.200. The molecule has 1 unspecified atom stereocenters. The summed E-state index contributed by atoms with van der Waals surface area (Å²) in [6.07, 6.45) is 0.718. The highest BCUT2D eigenvalue weighted by Crippen LogP contribution is 2.43. The number of aliphatic hydroxyl groups excluding tert-OH is 1. The lowest BCUT2D eigenvalue weighted by Gasteiger charge is -2.23. The number of amides is 1. The summed E-state index contributed by atoms with van der Waals surface area (Å²) in [5.41, 5.74) is 1.84. The van der Waals surface area contributed by atoms with Gasteiger partial charge in [0.15, 0.2) is 0 Å². The number of nitrogens with zero attached hydrogens (tertiary/aromatic N) is 1. The van der Waals surface area contributed by atoms with Crippen molar-refractivity contribution in [2.75, 3.05) is 18.6 Å². The largest absolute Gasteiger partial charge is 0.507 e. The number of ether oxygens (including phenoxy) is 2. The summed E-state index contributed by atoms with van der Waals surface area (Å²) in [4.78, 5) is 27.7. The third kappa shape index (κ3) is 3.13. The first-order chi connectivity index (χ1) is 15.5. The Balaban J connectivity index is 1.69. The zero-order valence-electron chi connectivity index (χ0n) is 17.6. The zero-order chi connectivity index (χ0) is 22.4. The number of carbonyl (C=O) groups excluding carboxylic acids is 2. The predicted molar refractivity (Wildman–Crippen MR) is 117 cm³/mol. The van der Waals surface area contributed by atoms with Gasteiger partial charge in [0.2, 0.25) is 0 Å². The maximum atomic E-state index is 13.2. The molecule has 1 fully saturated rings. The van der Waals surface area contributed by atoms with E-state index in [0.29, 0.717) is 35.1 Å². The molecule has 2 aliphatic heterocycles. The Hall–Kier alpha value is -4.00. The summed E-state index contributed by atoms with van der Waals surface area (Å²) in [7, 11) is 1.53. The van der Waals surface area contributed by atoms with Crippen LogP contribution in [-0.4, -0.2) is 30.5 Å². The van der Waals surface area contributed by atoms with E-state index in [9.17, 15) is 14.7 Å². The van der Waals surface area contributed by atoms with Crippen molar-refractivity contribution in [2.45, 2.75) is 19.4 Å². The SMILES string of the molecule is COc1cccc(N2C(=O)C(=O)/C(=C(\O)c3ccc4c(c3)CCO4)C2c2ccc(C)o2)c1. The number of benzene rings is 2. The summed E-state index contributed by atoms with van der Waals surface area (Å²) < 4.78 is 16.6. The third-order valence-corrected chi connectivity index (χ3v) is 5.77. The van der Waals surface area contributed by atoms with Crippen molar-refractivity contribution in [3.63, 3.8) is 0 Å². The van der Waals surface area contributed by atoms with E-state index in [1.165, 1.54) is 12.0 Å². The van der Waals surface area contributed by atoms with Crippen LogP contribution in [0.25, 0.3) is 5.76 Å². The van der Waals surface area contributed by atoms with Gasteiger partial charge >= 0.3 is 0 Å².